The van der Waals surface area contributed by atoms with Crippen LogP contribution < -0.4 is 5.32 Å². The quantitative estimate of drug-likeness (QED) is 0.644. The molecule has 0 saturated heterocycles. The SMILES string of the molecule is Cc1ccc(-c2ccc(C3C=C(c4c(F)cccc4F)NC3)cc2)cc1. The monoisotopic (exact) mass is 347 g/mol. The Balaban J connectivity index is 1.59. The normalized spacial score (nSPS) is 16.3. The summed E-state index contributed by atoms with van der Waals surface area (Å²) < 4.78 is 28.0. The van der Waals surface area contributed by atoms with Crippen molar-refractivity contribution in [2.45, 2.75) is 12.8 Å². The number of rotatable bonds is 3. The highest BCUT2D eigenvalue weighted by Crippen LogP contribution is 2.31. The molecule has 3 heteroatoms. The molecule has 1 N–H and O–H groups in total. The Bertz CT molecular complexity index is 936. The first-order valence-electron chi connectivity index (χ1n) is 8.69. The lowest BCUT2D eigenvalue weighted by Crippen LogP contribution is -2.12. The van der Waals surface area contributed by atoms with E-state index in [0.29, 0.717) is 12.2 Å². The minimum atomic E-state index is -0.542. The molecule has 0 radical (unpaired) electrons. The van der Waals surface area contributed by atoms with E-state index in [9.17, 15) is 8.78 Å². The van der Waals surface area contributed by atoms with Gasteiger partial charge in [0.15, 0.2) is 0 Å². The Labute approximate surface area is 152 Å². The molecular weight excluding hydrogens is 328 g/mol. The lowest BCUT2D eigenvalue weighted by atomic mass is 9.96. The molecule has 1 atom stereocenters. The first kappa shape index (κ1) is 16.5. The van der Waals surface area contributed by atoms with Crippen LogP contribution in [0.15, 0.2) is 72.8 Å². The van der Waals surface area contributed by atoms with E-state index in [-0.39, 0.29) is 11.5 Å². The maximum Gasteiger partial charge on any atom is 0.135 e. The summed E-state index contributed by atoms with van der Waals surface area (Å²) in [6.45, 7) is 2.70. The van der Waals surface area contributed by atoms with E-state index in [2.05, 4.69) is 60.8 Å². The molecular formula is C23H19F2N. The van der Waals surface area contributed by atoms with Crippen LogP contribution in [0.3, 0.4) is 0 Å². The van der Waals surface area contributed by atoms with Crippen LogP contribution in [0.5, 0.6) is 0 Å². The van der Waals surface area contributed by atoms with Crippen molar-refractivity contribution in [3.8, 4) is 11.1 Å². The summed E-state index contributed by atoms with van der Waals surface area (Å²) in [6, 6.07) is 20.7. The third-order valence-electron chi connectivity index (χ3n) is 4.84. The number of benzene rings is 3. The average Bonchev–Trinajstić information content (AvgIpc) is 3.12. The second-order valence-corrected chi connectivity index (χ2v) is 6.65. The van der Waals surface area contributed by atoms with Crippen LogP contribution in [0.25, 0.3) is 16.8 Å². The minimum Gasteiger partial charge on any atom is -0.384 e. The lowest BCUT2D eigenvalue weighted by Gasteiger charge is -2.09. The molecule has 26 heavy (non-hydrogen) atoms. The molecule has 0 fully saturated rings. The van der Waals surface area contributed by atoms with E-state index in [1.165, 1.54) is 29.3 Å². The first-order chi connectivity index (χ1) is 12.6. The smallest absolute Gasteiger partial charge is 0.135 e. The van der Waals surface area contributed by atoms with Gasteiger partial charge in [-0.1, -0.05) is 66.2 Å². The van der Waals surface area contributed by atoms with Gasteiger partial charge >= 0.3 is 0 Å². The fraction of sp³-hybridized carbons (Fsp3) is 0.130. The molecule has 3 aromatic carbocycles. The van der Waals surface area contributed by atoms with E-state index in [1.807, 2.05) is 6.08 Å². The van der Waals surface area contributed by atoms with Gasteiger partial charge in [0.25, 0.3) is 0 Å². The van der Waals surface area contributed by atoms with Gasteiger partial charge < -0.3 is 5.32 Å². The number of hydrogen-bond acceptors (Lipinski definition) is 1. The summed E-state index contributed by atoms with van der Waals surface area (Å²) in [5.41, 5.74) is 5.24. The van der Waals surface area contributed by atoms with Gasteiger partial charge in [-0.15, -0.1) is 0 Å². The Hall–Kier alpha value is -2.94. The molecule has 1 unspecified atom stereocenters. The van der Waals surface area contributed by atoms with Crippen molar-refractivity contribution in [1.82, 2.24) is 5.32 Å². The average molecular weight is 347 g/mol. The van der Waals surface area contributed by atoms with Crippen molar-refractivity contribution < 1.29 is 8.78 Å². The molecule has 130 valence electrons. The van der Waals surface area contributed by atoms with E-state index in [1.54, 1.807) is 0 Å². The van der Waals surface area contributed by atoms with Gasteiger partial charge in [-0.05, 0) is 35.7 Å². The maximum atomic E-state index is 14.0. The van der Waals surface area contributed by atoms with Gasteiger partial charge in [0.2, 0.25) is 0 Å². The zero-order valence-corrected chi connectivity index (χ0v) is 14.5. The summed E-state index contributed by atoms with van der Waals surface area (Å²) in [6.07, 6.45) is 1.91. The highest BCUT2D eigenvalue weighted by atomic mass is 19.1. The molecule has 4 rings (SSSR count). The summed E-state index contributed by atoms with van der Waals surface area (Å²) in [5.74, 6) is -0.991. The van der Waals surface area contributed by atoms with Crippen molar-refractivity contribution in [1.29, 1.82) is 0 Å². The second kappa shape index (κ2) is 6.75. The highest BCUT2D eigenvalue weighted by molar-refractivity contribution is 5.69. The van der Waals surface area contributed by atoms with Crippen LogP contribution in [-0.4, -0.2) is 6.54 Å². The third kappa shape index (κ3) is 3.13. The maximum absolute atomic E-state index is 14.0. The number of halogens is 2. The van der Waals surface area contributed by atoms with E-state index < -0.39 is 11.6 Å². The van der Waals surface area contributed by atoms with E-state index in [0.717, 1.165) is 11.1 Å². The molecule has 0 aromatic heterocycles. The molecule has 1 heterocycles. The van der Waals surface area contributed by atoms with Crippen molar-refractivity contribution in [2.24, 2.45) is 0 Å². The van der Waals surface area contributed by atoms with Crippen LogP contribution in [0.4, 0.5) is 8.78 Å². The summed E-state index contributed by atoms with van der Waals surface area (Å²) in [5, 5.41) is 3.14. The lowest BCUT2D eigenvalue weighted by molar-refractivity contribution is 0.575. The number of hydrogen-bond donors (Lipinski definition) is 1. The Kier molecular flexibility index (Phi) is 4.29. The summed E-state index contributed by atoms with van der Waals surface area (Å²) in [7, 11) is 0. The Morgan fingerprint density at radius 2 is 1.38 bits per heavy atom. The van der Waals surface area contributed by atoms with Gasteiger partial charge in [0, 0.05) is 18.2 Å². The van der Waals surface area contributed by atoms with Crippen LogP contribution in [0, 0.1) is 18.6 Å². The second-order valence-electron chi connectivity index (χ2n) is 6.65. The number of aryl methyl sites for hydroxylation is 1. The minimum absolute atomic E-state index is 0.0197. The third-order valence-corrected chi connectivity index (χ3v) is 4.84. The van der Waals surface area contributed by atoms with Crippen molar-refractivity contribution in [3.05, 3.63) is 101 Å². The molecule has 0 aliphatic carbocycles. The molecule has 0 amide bonds. The van der Waals surface area contributed by atoms with Crippen molar-refractivity contribution >= 4 is 5.70 Å². The summed E-state index contributed by atoms with van der Waals surface area (Å²) in [4.78, 5) is 0. The van der Waals surface area contributed by atoms with Gasteiger partial charge in [-0.3, -0.25) is 0 Å². The van der Waals surface area contributed by atoms with Gasteiger partial charge in [-0.2, -0.15) is 0 Å². The molecule has 1 aliphatic heterocycles. The number of nitrogens with one attached hydrogen (secondary N) is 1. The van der Waals surface area contributed by atoms with Crippen molar-refractivity contribution in [2.75, 3.05) is 6.54 Å². The van der Waals surface area contributed by atoms with Crippen LogP contribution >= 0.6 is 0 Å². The largest absolute Gasteiger partial charge is 0.384 e. The predicted molar refractivity (Wildman–Crippen MR) is 102 cm³/mol. The van der Waals surface area contributed by atoms with Gasteiger partial charge in [-0.25, -0.2) is 8.78 Å². The van der Waals surface area contributed by atoms with Crippen molar-refractivity contribution in [3.63, 3.8) is 0 Å². The van der Waals surface area contributed by atoms with Gasteiger partial charge in [0.05, 0.1) is 5.56 Å². The van der Waals surface area contributed by atoms with Crippen LogP contribution in [0.1, 0.15) is 22.6 Å². The topological polar surface area (TPSA) is 12.0 Å². The zero-order valence-electron chi connectivity index (χ0n) is 14.5. The fourth-order valence-corrected chi connectivity index (χ4v) is 3.35. The summed E-state index contributed by atoms with van der Waals surface area (Å²) >= 11 is 0. The first-order valence-corrected chi connectivity index (χ1v) is 8.69. The molecule has 1 nitrogen and oxygen atoms in total. The fourth-order valence-electron chi connectivity index (χ4n) is 3.35. The Morgan fingerprint density at radius 1 is 0.808 bits per heavy atom. The standard InChI is InChI=1S/C23H19F2N/c1-15-5-7-16(8-6-15)17-9-11-18(12-10-17)19-13-22(26-14-19)23-20(24)3-2-4-21(23)25/h2-13,19,26H,14H2,1H3. The molecule has 1 aliphatic rings. The highest BCUT2D eigenvalue weighted by Gasteiger charge is 2.22. The zero-order chi connectivity index (χ0) is 18.1. The molecule has 0 bridgehead atoms. The van der Waals surface area contributed by atoms with Crippen LogP contribution in [0.2, 0.25) is 0 Å². The van der Waals surface area contributed by atoms with Crippen LogP contribution in [-0.2, 0) is 0 Å². The van der Waals surface area contributed by atoms with E-state index >= 15 is 0 Å². The Morgan fingerprint density at radius 3 is 2.00 bits per heavy atom. The molecule has 0 saturated carbocycles. The molecule has 0 spiro atoms. The van der Waals surface area contributed by atoms with Gasteiger partial charge in [0.1, 0.15) is 11.6 Å². The van der Waals surface area contributed by atoms with E-state index in [4.69, 9.17) is 0 Å². The predicted octanol–water partition coefficient (Wildman–Crippen LogP) is 5.67. The molecule has 3 aromatic rings.